The van der Waals surface area contributed by atoms with Gasteiger partial charge in [0.25, 0.3) is 0 Å². The number of carboxylic acid groups (broad SMARTS) is 4. The van der Waals surface area contributed by atoms with Crippen LogP contribution in [0.15, 0.2) is 30.3 Å². The van der Waals surface area contributed by atoms with Gasteiger partial charge in [0.1, 0.15) is 54.4 Å². The molecule has 0 radical (unpaired) electrons. The van der Waals surface area contributed by atoms with Gasteiger partial charge in [-0.05, 0) is 69.4 Å². The zero-order valence-electron chi connectivity index (χ0n) is 45.7. The minimum Gasteiger partial charge on any atom is -0.481 e. The summed E-state index contributed by atoms with van der Waals surface area (Å²) in [5.74, 6) is -18.2. The zero-order valence-corrected chi connectivity index (χ0v) is 45.7. The number of unbranched alkanes of at least 4 members (excludes halogenated alkanes) is 1. The number of hydrogen-bond donors (Lipinski definition) is 17. The van der Waals surface area contributed by atoms with Crippen LogP contribution < -0.4 is 65.1 Å². The number of nitrogens with one attached hydrogen (secondary N) is 9. The van der Waals surface area contributed by atoms with Crippen LogP contribution in [0.25, 0.3) is 0 Å². The van der Waals surface area contributed by atoms with Crippen LogP contribution in [0.2, 0.25) is 0 Å². The van der Waals surface area contributed by atoms with E-state index in [1.165, 1.54) is 19.1 Å². The minimum absolute atomic E-state index is 0.00242. The van der Waals surface area contributed by atoms with Crippen molar-refractivity contribution in [2.75, 3.05) is 13.2 Å². The maximum absolute atomic E-state index is 14.1. The number of rotatable bonds is 39. The molecule has 31 heteroatoms. The van der Waals surface area contributed by atoms with Gasteiger partial charge in [-0.15, -0.1) is 0 Å². The molecule has 0 spiro atoms. The van der Waals surface area contributed by atoms with Crippen molar-refractivity contribution in [3.63, 3.8) is 0 Å². The van der Waals surface area contributed by atoms with Crippen molar-refractivity contribution in [2.45, 2.75) is 166 Å². The summed E-state index contributed by atoms with van der Waals surface area (Å²) in [5, 5.41) is 69.3. The highest BCUT2D eigenvalue weighted by molar-refractivity contribution is 6.00. The lowest BCUT2D eigenvalue weighted by atomic mass is 10.0. The molecule has 1 rings (SSSR count). The predicted octanol–water partition coefficient (Wildman–Crippen LogP) is -5.07. The molecule has 0 aromatic heterocycles. The third-order valence-electron chi connectivity index (χ3n) is 11.7. The Morgan fingerprint density at radius 3 is 1.20 bits per heavy atom. The molecular weight excluding hydrogens is 1070 g/mol. The number of amides is 10. The van der Waals surface area contributed by atoms with E-state index in [1.54, 1.807) is 45.9 Å². The summed E-state index contributed by atoms with van der Waals surface area (Å²) in [6, 6.07) is -9.10. The predicted molar refractivity (Wildman–Crippen MR) is 283 cm³/mol. The average molecular weight is 1150 g/mol. The Labute approximate surface area is 466 Å². The fourth-order valence-electron chi connectivity index (χ4n) is 7.60. The quantitative estimate of drug-likeness (QED) is 0.0274. The largest absolute Gasteiger partial charge is 0.481 e. The van der Waals surface area contributed by atoms with E-state index in [1.807, 2.05) is 0 Å². The molecule has 20 N–H and O–H groups in total. The first-order chi connectivity index (χ1) is 37.9. The maximum Gasteiger partial charge on any atom is 0.326 e. The number of carbonyl (C=O) groups is 14. The van der Waals surface area contributed by atoms with Crippen LogP contribution in [0.1, 0.15) is 104 Å². The highest BCUT2D eigenvalue weighted by Gasteiger charge is 2.37. The second-order valence-electron chi connectivity index (χ2n) is 19.9. The van der Waals surface area contributed by atoms with E-state index in [9.17, 15) is 92.7 Å². The van der Waals surface area contributed by atoms with Gasteiger partial charge in [0, 0.05) is 12.8 Å². The van der Waals surface area contributed by atoms with E-state index in [2.05, 4.69) is 47.9 Å². The first-order valence-electron chi connectivity index (χ1n) is 25.9. The molecule has 31 nitrogen and oxygen atoms in total. The van der Waals surface area contributed by atoms with Crippen molar-refractivity contribution in [2.24, 2.45) is 29.0 Å². The number of nitrogens with two attached hydrogens (primary N) is 3. The zero-order chi connectivity index (χ0) is 61.7. The molecule has 81 heavy (non-hydrogen) atoms. The topological polar surface area (TPSA) is 526 Å². The highest BCUT2D eigenvalue weighted by Crippen LogP contribution is 2.12. The number of hydrogen-bond acceptors (Lipinski definition) is 17. The molecule has 0 aliphatic carbocycles. The SMILES string of the molecule is CC(C)C[C@H](NC(=O)[C@H](CCC(N)=O)NC(=O)[C@H](CCCCN)NC(=O)[C@H](CO)NC(=O)[C@H](Cc1ccccc1)NC(=O)[C@H](CC(=O)O)NC(=O)[C@H](CC(=O)O)NC(=O)[C@H](CC(C)C)NC(=O)[C@H](CC(=O)O)NC(=O)[C@H](C)N)C(=O)O. The fraction of sp³-hybridized carbons (Fsp3) is 0.600. The summed E-state index contributed by atoms with van der Waals surface area (Å²) in [6.07, 6.45) is -4.38. The lowest BCUT2D eigenvalue weighted by molar-refractivity contribution is -0.144. The molecule has 0 fully saturated rings. The standard InChI is InChI=1S/C50H78N12O19/c1-24(2)17-30(57-46(76)32(20-38(65)66)56-41(71)26(5)52)44(74)59-34(22-40(69)70)48(78)60-33(21-39(67)68)47(77)58-31(19-27-11-7-6-8-12-27)45(75)62-36(23-63)49(79)54-28(13-9-10-16-51)42(72)55-29(14-15-37(53)64)43(73)61-35(50(80)81)18-25(3)4/h6-8,11-12,24-26,28-36,63H,9-10,13-23,51-52H2,1-5H3,(H2,53,64)(H,54,79)(H,55,72)(H,56,71)(H,57,76)(H,58,77)(H,59,74)(H,60,78)(H,61,73)(H,62,75)(H,65,66)(H,67,68)(H,69,70)(H,80,81)/t26-,28-,29-,30-,31-,32-,33-,34-,35-,36-/m0/s1. The Balaban J connectivity index is 3.58. The van der Waals surface area contributed by atoms with Crippen LogP contribution in [0, 0.1) is 11.8 Å². The number of benzene rings is 1. The molecule has 0 aliphatic heterocycles. The van der Waals surface area contributed by atoms with Gasteiger partial charge < -0.3 is 90.6 Å². The Bertz CT molecular complexity index is 2370. The van der Waals surface area contributed by atoms with E-state index >= 15 is 0 Å². The van der Waals surface area contributed by atoms with Gasteiger partial charge in [0.2, 0.25) is 59.1 Å². The van der Waals surface area contributed by atoms with Crippen molar-refractivity contribution < 1.29 is 92.7 Å². The molecule has 0 saturated carbocycles. The number of primary amides is 1. The van der Waals surface area contributed by atoms with Crippen molar-refractivity contribution in [1.29, 1.82) is 0 Å². The Hall–Kier alpha value is -8.32. The number of aliphatic carboxylic acids is 4. The minimum atomic E-state index is -2.13. The highest BCUT2D eigenvalue weighted by atomic mass is 16.4. The number of aliphatic hydroxyl groups excluding tert-OH is 1. The summed E-state index contributed by atoms with van der Waals surface area (Å²) in [5.41, 5.74) is 16.8. The van der Waals surface area contributed by atoms with Crippen LogP contribution in [0.4, 0.5) is 0 Å². The van der Waals surface area contributed by atoms with Crippen molar-refractivity contribution in [1.82, 2.24) is 47.9 Å². The van der Waals surface area contributed by atoms with Crippen LogP contribution >= 0.6 is 0 Å². The second kappa shape index (κ2) is 36.0. The van der Waals surface area contributed by atoms with Crippen molar-refractivity contribution in [3.05, 3.63) is 35.9 Å². The molecule has 0 saturated heterocycles. The van der Waals surface area contributed by atoms with Gasteiger partial charge in [0.05, 0.1) is 31.9 Å². The first-order valence-corrected chi connectivity index (χ1v) is 25.9. The molecule has 0 bridgehead atoms. The summed E-state index contributed by atoms with van der Waals surface area (Å²) >= 11 is 0. The normalized spacial score (nSPS) is 14.7. The van der Waals surface area contributed by atoms with Crippen LogP contribution in [0.5, 0.6) is 0 Å². The Kier molecular flexibility index (Phi) is 31.5. The molecule has 1 aromatic rings. The lowest BCUT2D eigenvalue weighted by Crippen LogP contribution is -2.61. The van der Waals surface area contributed by atoms with Crippen LogP contribution in [0.3, 0.4) is 0 Å². The van der Waals surface area contributed by atoms with Crippen molar-refractivity contribution in [3.8, 4) is 0 Å². The molecule has 0 aliphatic rings. The third-order valence-corrected chi connectivity index (χ3v) is 11.7. The summed E-state index contributed by atoms with van der Waals surface area (Å²) in [4.78, 5) is 182. The number of carbonyl (C=O) groups excluding carboxylic acids is 10. The van der Waals surface area contributed by atoms with E-state index in [4.69, 9.17) is 17.2 Å². The Morgan fingerprint density at radius 1 is 0.444 bits per heavy atom. The van der Waals surface area contributed by atoms with Gasteiger partial charge in [-0.1, -0.05) is 58.0 Å². The van der Waals surface area contributed by atoms with E-state index in [0.717, 1.165) is 0 Å². The summed E-state index contributed by atoms with van der Waals surface area (Å²) in [7, 11) is 0. The first kappa shape index (κ1) is 70.7. The summed E-state index contributed by atoms with van der Waals surface area (Å²) < 4.78 is 0. The fourth-order valence-corrected chi connectivity index (χ4v) is 7.60. The third kappa shape index (κ3) is 27.9. The average Bonchev–Trinajstić information content (AvgIpc) is 3.39. The van der Waals surface area contributed by atoms with E-state index in [0.29, 0.717) is 12.0 Å². The molecule has 10 atom stereocenters. The van der Waals surface area contributed by atoms with Gasteiger partial charge in [-0.25, -0.2) is 4.79 Å². The molecule has 452 valence electrons. The lowest BCUT2D eigenvalue weighted by Gasteiger charge is -2.28. The molecule has 0 unspecified atom stereocenters. The van der Waals surface area contributed by atoms with Gasteiger partial charge in [-0.2, -0.15) is 0 Å². The van der Waals surface area contributed by atoms with E-state index in [-0.39, 0.29) is 44.6 Å². The molecule has 1 aromatic carbocycles. The summed E-state index contributed by atoms with van der Waals surface area (Å²) in [6.45, 7) is 6.90. The molecule has 0 heterocycles. The Morgan fingerprint density at radius 2 is 0.790 bits per heavy atom. The monoisotopic (exact) mass is 1150 g/mol. The van der Waals surface area contributed by atoms with Crippen molar-refractivity contribution >= 4 is 82.9 Å². The van der Waals surface area contributed by atoms with E-state index < -0.39 is 188 Å². The van der Waals surface area contributed by atoms with Crippen LogP contribution in [-0.2, 0) is 73.5 Å². The van der Waals surface area contributed by atoms with Gasteiger partial charge in [0.15, 0.2) is 0 Å². The number of aliphatic hydroxyl groups is 1. The second-order valence-corrected chi connectivity index (χ2v) is 19.9. The smallest absolute Gasteiger partial charge is 0.326 e. The molecule has 10 amide bonds. The van der Waals surface area contributed by atoms with Crippen LogP contribution in [-0.4, -0.2) is 182 Å². The molecular formula is C50H78N12O19. The van der Waals surface area contributed by atoms with Gasteiger partial charge in [-0.3, -0.25) is 62.3 Å². The maximum atomic E-state index is 14.1. The van der Waals surface area contributed by atoms with Gasteiger partial charge >= 0.3 is 23.9 Å². The number of carboxylic acids is 4.